The molecule has 6 nitrogen and oxygen atoms in total. The minimum absolute atomic E-state index is 0.0969. The molecule has 2 N–H and O–H groups in total. The molecule has 1 atom stereocenters. The van der Waals surface area contributed by atoms with E-state index in [9.17, 15) is 4.79 Å². The second kappa shape index (κ2) is 7.78. The molecule has 0 aliphatic carbocycles. The Kier molecular flexibility index (Phi) is 5.48. The van der Waals surface area contributed by atoms with Crippen molar-refractivity contribution in [2.24, 2.45) is 0 Å². The summed E-state index contributed by atoms with van der Waals surface area (Å²) in [7, 11) is 0. The largest absolute Gasteiger partial charge is 0.369 e. The van der Waals surface area contributed by atoms with Crippen molar-refractivity contribution < 1.29 is 0 Å². The second-order valence-electron chi connectivity index (χ2n) is 6.86. The zero-order valence-corrected chi connectivity index (χ0v) is 15.3. The molecule has 6 heteroatoms. The number of aryl methyl sites for hydroxylation is 1. The average Bonchev–Trinajstić information content (AvgIpc) is 2.61. The third-order valence-corrected chi connectivity index (χ3v) is 5.08. The minimum Gasteiger partial charge on any atom is -0.369 e. The van der Waals surface area contributed by atoms with Gasteiger partial charge in [0.05, 0.1) is 0 Å². The summed E-state index contributed by atoms with van der Waals surface area (Å²) in [4.78, 5) is 26.1. The van der Waals surface area contributed by atoms with E-state index in [-0.39, 0.29) is 5.56 Å². The summed E-state index contributed by atoms with van der Waals surface area (Å²) in [6.07, 6.45) is 5.70. The molecule has 2 aromatic heterocycles. The Balaban J connectivity index is 1.60. The number of rotatable bonds is 5. The molecule has 3 rings (SSSR count). The molecular weight excluding hydrogens is 314 g/mol. The average molecular weight is 341 g/mol. The van der Waals surface area contributed by atoms with Crippen LogP contribution in [0.4, 0.5) is 5.82 Å². The molecule has 1 fully saturated rings. The fraction of sp³-hybridized carbons (Fsp3) is 0.526. The van der Waals surface area contributed by atoms with Crippen molar-refractivity contribution in [1.82, 2.24) is 19.9 Å². The van der Waals surface area contributed by atoms with Crippen LogP contribution in [0.3, 0.4) is 0 Å². The Hall–Kier alpha value is -2.21. The molecule has 0 amide bonds. The second-order valence-corrected chi connectivity index (χ2v) is 6.86. The summed E-state index contributed by atoms with van der Waals surface area (Å²) in [5.41, 5.74) is 2.12. The lowest BCUT2D eigenvalue weighted by Crippen LogP contribution is -2.40. The minimum atomic E-state index is -0.0969. The molecule has 0 radical (unpaired) electrons. The molecule has 134 valence electrons. The van der Waals surface area contributed by atoms with Gasteiger partial charge in [0.2, 0.25) is 0 Å². The number of likely N-dealkylation sites (tertiary alicyclic amines) is 1. The smallest absolute Gasteiger partial charge is 0.254 e. The number of H-pyrrole nitrogens is 1. The van der Waals surface area contributed by atoms with E-state index in [1.54, 1.807) is 13.1 Å². The fourth-order valence-corrected chi connectivity index (χ4v) is 3.24. The molecule has 1 aliphatic heterocycles. The van der Waals surface area contributed by atoms with Crippen LogP contribution in [-0.4, -0.2) is 45.5 Å². The van der Waals surface area contributed by atoms with Crippen LogP contribution in [0.1, 0.15) is 37.4 Å². The number of pyridine rings is 1. The van der Waals surface area contributed by atoms with Crippen LogP contribution < -0.4 is 10.9 Å². The van der Waals surface area contributed by atoms with E-state index in [1.807, 2.05) is 19.1 Å². The molecule has 2 aromatic rings. The number of hydrogen-bond acceptors (Lipinski definition) is 5. The Labute approximate surface area is 148 Å². The van der Waals surface area contributed by atoms with Crippen molar-refractivity contribution in [3.63, 3.8) is 0 Å². The SMILES string of the molecule is Cc1nc(-c2ccc(NCCN3CCCCC3C)nc2)[nH]c(=O)c1C. The normalized spacial score (nSPS) is 18.3. The standard InChI is InChI=1S/C19H27N5O/c1-13-6-4-5-10-24(13)11-9-20-17-8-7-16(12-21-17)18-22-15(3)14(2)19(25)23-18/h7-8,12-13H,4-6,9-11H2,1-3H3,(H,20,21)(H,22,23,25). The van der Waals surface area contributed by atoms with Crippen LogP contribution >= 0.6 is 0 Å². The number of hydrogen-bond donors (Lipinski definition) is 2. The lowest BCUT2D eigenvalue weighted by Gasteiger charge is -2.33. The van der Waals surface area contributed by atoms with Gasteiger partial charge in [-0.05, 0) is 52.3 Å². The van der Waals surface area contributed by atoms with Gasteiger partial charge in [0.25, 0.3) is 5.56 Å². The van der Waals surface area contributed by atoms with E-state index < -0.39 is 0 Å². The first-order valence-corrected chi connectivity index (χ1v) is 9.06. The van der Waals surface area contributed by atoms with Crippen molar-refractivity contribution in [3.05, 3.63) is 39.9 Å². The first-order valence-electron chi connectivity index (χ1n) is 9.06. The van der Waals surface area contributed by atoms with Crippen molar-refractivity contribution >= 4 is 5.82 Å². The predicted molar refractivity (Wildman–Crippen MR) is 101 cm³/mol. The van der Waals surface area contributed by atoms with Crippen LogP contribution in [0.15, 0.2) is 23.1 Å². The maximum Gasteiger partial charge on any atom is 0.254 e. The van der Waals surface area contributed by atoms with Gasteiger partial charge in [0.15, 0.2) is 0 Å². The first kappa shape index (κ1) is 17.6. The predicted octanol–water partition coefficient (Wildman–Crippen LogP) is 2.74. The summed E-state index contributed by atoms with van der Waals surface area (Å²) in [6.45, 7) is 9.05. The summed E-state index contributed by atoms with van der Waals surface area (Å²) in [5.74, 6) is 1.41. The Bertz CT molecular complexity index is 768. The van der Waals surface area contributed by atoms with Gasteiger partial charge in [-0.3, -0.25) is 9.69 Å². The molecule has 1 unspecified atom stereocenters. The van der Waals surface area contributed by atoms with E-state index in [1.165, 1.54) is 25.8 Å². The van der Waals surface area contributed by atoms with Crippen LogP contribution in [0.5, 0.6) is 0 Å². The van der Waals surface area contributed by atoms with E-state index in [2.05, 4.69) is 32.1 Å². The molecule has 0 spiro atoms. The topological polar surface area (TPSA) is 73.9 Å². The van der Waals surface area contributed by atoms with Crippen molar-refractivity contribution in [2.75, 3.05) is 25.0 Å². The van der Waals surface area contributed by atoms with E-state index >= 15 is 0 Å². The molecule has 0 saturated carbocycles. The summed E-state index contributed by atoms with van der Waals surface area (Å²) < 4.78 is 0. The van der Waals surface area contributed by atoms with E-state index in [0.29, 0.717) is 17.4 Å². The fourth-order valence-electron chi connectivity index (χ4n) is 3.24. The quantitative estimate of drug-likeness (QED) is 0.875. The number of piperidine rings is 1. The molecule has 1 saturated heterocycles. The zero-order valence-electron chi connectivity index (χ0n) is 15.3. The van der Waals surface area contributed by atoms with Gasteiger partial charge >= 0.3 is 0 Å². The van der Waals surface area contributed by atoms with Gasteiger partial charge in [-0.15, -0.1) is 0 Å². The maximum atomic E-state index is 11.9. The highest BCUT2D eigenvalue weighted by Crippen LogP contribution is 2.17. The highest BCUT2D eigenvalue weighted by atomic mass is 16.1. The zero-order chi connectivity index (χ0) is 17.8. The van der Waals surface area contributed by atoms with Crippen LogP contribution in [0, 0.1) is 13.8 Å². The van der Waals surface area contributed by atoms with Gasteiger partial charge in [-0.1, -0.05) is 6.42 Å². The van der Waals surface area contributed by atoms with Crippen LogP contribution in [0.25, 0.3) is 11.4 Å². The Morgan fingerprint density at radius 2 is 2.16 bits per heavy atom. The molecule has 1 aliphatic rings. The number of nitrogens with zero attached hydrogens (tertiary/aromatic N) is 3. The Morgan fingerprint density at radius 3 is 2.84 bits per heavy atom. The van der Waals surface area contributed by atoms with Gasteiger partial charge in [0.1, 0.15) is 11.6 Å². The summed E-state index contributed by atoms with van der Waals surface area (Å²) in [6, 6.07) is 4.55. The van der Waals surface area contributed by atoms with E-state index in [0.717, 1.165) is 30.2 Å². The first-order chi connectivity index (χ1) is 12.0. The van der Waals surface area contributed by atoms with Gasteiger partial charge < -0.3 is 10.3 Å². The van der Waals surface area contributed by atoms with Crippen LogP contribution in [0.2, 0.25) is 0 Å². The molecule has 25 heavy (non-hydrogen) atoms. The lowest BCUT2D eigenvalue weighted by molar-refractivity contribution is 0.167. The number of anilines is 1. The van der Waals surface area contributed by atoms with Crippen molar-refractivity contribution in [3.8, 4) is 11.4 Å². The number of aromatic nitrogens is 3. The molecule has 3 heterocycles. The molecule has 0 aromatic carbocycles. The Morgan fingerprint density at radius 1 is 1.32 bits per heavy atom. The summed E-state index contributed by atoms with van der Waals surface area (Å²) in [5, 5.41) is 3.38. The monoisotopic (exact) mass is 341 g/mol. The third kappa shape index (κ3) is 4.25. The van der Waals surface area contributed by atoms with Gasteiger partial charge in [0, 0.05) is 42.1 Å². The highest BCUT2D eigenvalue weighted by molar-refractivity contribution is 5.56. The van der Waals surface area contributed by atoms with Crippen molar-refractivity contribution in [2.45, 2.75) is 46.1 Å². The third-order valence-electron chi connectivity index (χ3n) is 5.08. The molecular formula is C19H27N5O. The number of aromatic amines is 1. The van der Waals surface area contributed by atoms with Gasteiger partial charge in [-0.2, -0.15) is 0 Å². The lowest BCUT2D eigenvalue weighted by atomic mass is 10.0. The summed E-state index contributed by atoms with van der Waals surface area (Å²) >= 11 is 0. The van der Waals surface area contributed by atoms with Crippen molar-refractivity contribution in [1.29, 1.82) is 0 Å². The van der Waals surface area contributed by atoms with Gasteiger partial charge in [-0.25, -0.2) is 9.97 Å². The number of nitrogens with one attached hydrogen (secondary N) is 2. The highest BCUT2D eigenvalue weighted by Gasteiger charge is 2.17. The van der Waals surface area contributed by atoms with Crippen LogP contribution in [-0.2, 0) is 0 Å². The van der Waals surface area contributed by atoms with E-state index in [4.69, 9.17) is 0 Å². The maximum absolute atomic E-state index is 11.9. The molecule has 0 bridgehead atoms.